The molecule has 0 aliphatic heterocycles. The van der Waals surface area contributed by atoms with E-state index in [1.807, 2.05) is 0 Å². The smallest absolute Gasteiger partial charge is 0.392 e. The number of pyridine rings is 1. The van der Waals surface area contributed by atoms with Gasteiger partial charge in [-0.1, -0.05) is 18.2 Å². The number of amides is 1. The lowest BCUT2D eigenvalue weighted by molar-refractivity contribution is -0.143. The maximum atomic E-state index is 15.0. The van der Waals surface area contributed by atoms with Crippen molar-refractivity contribution in [2.45, 2.75) is 18.9 Å². The summed E-state index contributed by atoms with van der Waals surface area (Å²) in [6, 6.07) is 9.16. The number of hydrogen-bond acceptors (Lipinski definition) is 3. The van der Waals surface area contributed by atoms with E-state index in [4.69, 9.17) is 4.74 Å². The number of hydrogen-bond donors (Lipinski definition) is 0. The monoisotopic (exact) mass is 570 g/mol. The molecule has 13 heteroatoms. The van der Waals surface area contributed by atoms with Crippen LogP contribution in [-0.2, 0) is 25.9 Å². The Morgan fingerprint density at radius 1 is 0.900 bits per heavy atom. The van der Waals surface area contributed by atoms with Crippen molar-refractivity contribution in [1.82, 2.24) is 9.47 Å². The van der Waals surface area contributed by atoms with E-state index >= 15 is 0 Å². The van der Waals surface area contributed by atoms with Crippen LogP contribution < -0.4 is 10.3 Å². The summed E-state index contributed by atoms with van der Waals surface area (Å²) in [5, 5.41) is -0.325. The van der Waals surface area contributed by atoms with Gasteiger partial charge in [-0.3, -0.25) is 9.36 Å². The van der Waals surface area contributed by atoms with E-state index in [0.29, 0.717) is 17.0 Å². The number of fused-ring (bicyclic) bond motifs is 1. The van der Waals surface area contributed by atoms with Gasteiger partial charge in [0, 0.05) is 26.0 Å². The average molecular weight is 570 g/mol. The first-order valence-electron chi connectivity index (χ1n) is 11.4. The SMILES string of the molecule is CN(Cc1cc(C(F)(F)F)cc(C(F)(F)F)c1)C(=O)Oc1c(-c2ccc(F)cc2)c2c(F)cccc2c(=O)n1C. The van der Waals surface area contributed by atoms with Crippen molar-refractivity contribution < 1.29 is 44.7 Å². The van der Waals surface area contributed by atoms with Crippen LogP contribution in [-0.4, -0.2) is 22.6 Å². The molecule has 4 aromatic rings. The van der Waals surface area contributed by atoms with Crippen molar-refractivity contribution in [3.05, 3.63) is 99.3 Å². The number of benzene rings is 3. The molecule has 4 rings (SSSR count). The molecule has 3 aromatic carbocycles. The topological polar surface area (TPSA) is 51.5 Å². The van der Waals surface area contributed by atoms with Crippen molar-refractivity contribution in [2.75, 3.05) is 7.05 Å². The second-order valence-corrected chi connectivity index (χ2v) is 8.85. The zero-order valence-electron chi connectivity index (χ0n) is 20.6. The fourth-order valence-electron chi connectivity index (χ4n) is 4.12. The highest BCUT2D eigenvalue weighted by molar-refractivity contribution is 5.99. The molecular formula is C27H18F8N2O3. The number of aromatic nitrogens is 1. The van der Waals surface area contributed by atoms with E-state index in [1.54, 1.807) is 0 Å². The summed E-state index contributed by atoms with van der Waals surface area (Å²) in [7, 11) is 2.26. The fraction of sp³-hybridized carbons (Fsp3) is 0.185. The molecule has 0 atom stereocenters. The van der Waals surface area contributed by atoms with Crippen molar-refractivity contribution in [3.8, 4) is 17.0 Å². The molecule has 0 spiro atoms. The number of alkyl halides is 6. The number of carbonyl (C=O) groups excluding carboxylic acids is 1. The third kappa shape index (κ3) is 5.63. The Morgan fingerprint density at radius 3 is 2.02 bits per heavy atom. The van der Waals surface area contributed by atoms with E-state index in [2.05, 4.69) is 0 Å². The molecule has 1 aromatic heterocycles. The maximum Gasteiger partial charge on any atom is 0.416 e. The van der Waals surface area contributed by atoms with Crippen LogP contribution in [0.2, 0.25) is 0 Å². The molecule has 210 valence electrons. The highest BCUT2D eigenvalue weighted by atomic mass is 19.4. The molecule has 0 saturated carbocycles. The minimum Gasteiger partial charge on any atom is -0.392 e. The maximum absolute atomic E-state index is 15.0. The molecule has 0 bridgehead atoms. The number of ether oxygens (including phenoxy) is 1. The highest BCUT2D eigenvalue weighted by Crippen LogP contribution is 2.38. The summed E-state index contributed by atoms with van der Waals surface area (Å²) in [4.78, 5) is 26.6. The van der Waals surface area contributed by atoms with Gasteiger partial charge in [0.25, 0.3) is 5.56 Å². The van der Waals surface area contributed by atoms with Gasteiger partial charge in [0.15, 0.2) is 0 Å². The molecule has 0 fully saturated rings. The van der Waals surface area contributed by atoms with Crippen LogP contribution in [0.15, 0.2) is 65.5 Å². The lowest BCUT2D eigenvalue weighted by atomic mass is 9.99. The van der Waals surface area contributed by atoms with Gasteiger partial charge in [-0.2, -0.15) is 26.3 Å². The first-order valence-corrected chi connectivity index (χ1v) is 11.4. The fourth-order valence-corrected chi connectivity index (χ4v) is 4.12. The minimum absolute atomic E-state index is 0.0454. The van der Waals surface area contributed by atoms with Gasteiger partial charge >= 0.3 is 18.4 Å². The van der Waals surface area contributed by atoms with E-state index in [9.17, 15) is 44.7 Å². The normalized spacial score (nSPS) is 12.1. The summed E-state index contributed by atoms with van der Waals surface area (Å²) in [6.45, 7) is -0.742. The molecule has 1 amide bonds. The Balaban J connectivity index is 1.78. The number of nitrogens with zero attached hydrogens (tertiary/aromatic N) is 2. The summed E-state index contributed by atoms with van der Waals surface area (Å²) in [6.07, 6.45) is -11.5. The van der Waals surface area contributed by atoms with Gasteiger partial charge < -0.3 is 9.64 Å². The Morgan fingerprint density at radius 2 is 1.48 bits per heavy atom. The van der Waals surface area contributed by atoms with Gasteiger partial charge in [-0.15, -0.1) is 0 Å². The quantitative estimate of drug-likeness (QED) is 0.245. The third-order valence-corrected chi connectivity index (χ3v) is 6.01. The molecule has 0 saturated heterocycles. The second-order valence-electron chi connectivity index (χ2n) is 8.85. The molecule has 5 nitrogen and oxygen atoms in total. The summed E-state index contributed by atoms with van der Waals surface area (Å²) in [5.41, 5.74) is -4.34. The zero-order chi connectivity index (χ0) is 29.6. The third-order valence-electron chi connectivity index (χ3n) is 6.01. The van der Waals surface area contributed by atoms with E-state index in [-0.39, 0.29) is 28.0 Å². The van der Waals surface area contributed by atoms with Crippen molar-refractivity contribution in [1.29, 1.82) is 0 Å². The van der Waals surface area contributed by atoms with Gasteiger partial charge in [-0.25, -0.2) is 13.6 Å². The van der Waals surface area contributed by atoms with Gasteiger partial charge in [0.1, 0.15) is 11.6 Å². The van der Waals surface area contributed by atoms with E-state index in [1.165, 1.54) is 31.3 Å². The van der Waals surface area contributed by atoms with Crippen molar-refractivity contribution in [3.63, 3.8) is 0 Å². The first kappa shape index (κ1) is 28.6. The predicted octanol–water partition coefficient (Wildman–Crippen LogP) is 7.15. The van der Waals surface area contributed by atoms with E-state index in [0.717, 1.165) is 29.8 Å². The standard InChI is InChI=1S/C27H18F8N2O3/c1-36(13-14-10-16(26(30,31)32)12-17(11-14)27(33,34)35)25(39)40-24-21(15-6-8-18(28)9-7-15)22-19(23(38)37(24)2)4-3-5-20(22)29/h3-12H,13H2,1-2H3. The zero-order valence-corrected chi connectivity index (χ0v) is 20.6. The largest absolute Gasteiger partial charge is 0.416 e. The van der Waals surface area contributed by atoms with Crippen molar-refractivity contribution in [2.24, 2.45) is 7.05 Å². The second kappa shape index (κ2) is 10.3. The van der Waals surface area contributed by atoms with Crippen LogP contribution in [0.1, 0.15) is 16.7 Å². The molecule has 0 aliphatic rings. The molecule has 0 radical (unpaired) electrons. The minimum atomic E-state index is -5.09. The number of carbonyl (C=O) groups is 1. The van der Waals surface area contributed by atoms with Gasteiger partial charge in [0.2, 0.25) is 5.88 Å². The molecule has 40 heavy (non-hydrogen) atoms. The van der Waals surface area contributed by atoms with Crippen LogP contribution in [0.3, 0.4) is 0 Å². The van der Waals surface area contributed by atoms with E-state index < -0.39 is 64.8 Å². The van der Waals surface area contributed by atoms with Crippen LogP contribution in [0.5, 0.6) is 5.88 Å². The lowest BCUT2D eigenvalue weighted by Crippen LogP contribution is -2.32. The van der Waals surface area contributed by atoms with Gasteiger partial charge in [-0.05, 0) is 53.6 Å². The van der Waals surface area contributed by atoms with Crippen LogP contribution in [0.4, 0.5) is 39.9 Å². The summed E-state index contributed by atoms with van der Waals surface area (Å²) in [5.74, 6) is -1.97. The molecule has 0 aliphatic carbocycles. The van der Waals surface area contributed by atoms with Gasteiger partial charge in [0.05, 0.1) is 22.1 Å². The summed E-state index contributed by atoms with van der Waals surface area (Å²) < 4.78 is 114. The van der Waals surface area contributed by atoms with Crippen LogP contribution in [0.25, 0.3) is 21.9 Å². The molecule has 0 N–H and O–H groups in total. The molecule has 1 heterocycles. The van der Waals surface area contributed by atoms with Crippen LogP contribution in [0, 0.1) is 11.6 Å². The Hall–Kier alpha value is -4.42. The number of rotatable bonds is 4. The molecule has 0 unspecified atom stereocenters. The van der Waals surface area contributed by atoms with Crippen LogP contribution >= 0.6 is 0 Å². The highest BCUT2D eigenvalue weighted by Gasteiger charge is 2.37. The Labute approximate surface area is 220 Å². The average Bonchev–Trinajstić information content (AvgIpc) is 2.87. The van der Waals surface area contributed by atoms with Crippen molar-refractivity contribution >= 4 is 16.9 Å². The Kier molecular flexibility index (Phi) is 7.35. The number of halogens is 8. The summed E-state index contributed by atoms with van der Waals surface area (Å²) >= 11 is 0. The predicted molar refractivity (Wildman–Crippen MR) is 128 cm³/mol. The Bertz CT molecular complexity index is 1630. The molecular weight excluding hydrogens is 552 g/mol. The lowest BCUT2D eigenvalue weighted by Gasteiger charge is -2.22. The first-order chi connectivity index (χ1) is 18.6.